The van der Waals surface area contributed by atoms with E-state index in [2.05, 4.69) is 9.62 Å². The van der Waals surface area contributed by atoms with Crippen LogP contribution in [0.2, 0.25) is 0 Å². The van der Waals surface area contributed by atoms with Crippen molar-refractivity contribution in [3.63, 3.8) is 0 Å². The summed E-state index contributed by atoms with van der Waals surface area (Å²) in [5.41, 5.74) is 0.426. The summed E-state index contributed by atoms with van der Waals surface area (Å²) in [5.74, 6) is -0.0964. The zero-order chi connectivity index (χ0) is 18.6. The van der Waals surface area contributed by atoms with Gasteiger partial charge >= 0.3 is 0 Å². The summed E-state index contributed by atoms with van der Waals surface area (Å²) >= 11 is 0. The van der Waals surface area contributed by atoms with Gasteiger partial charge < -0.3 is 9.64 Å². The Bertz CT molecular complexity index is 726. The minimum atomic E-state index is -3.67. The van der Waals surface area contributed by atoms with Crippen LogP contribution in [-0.2, 0) is 14.8 Å². The molecule has 1 N–H and O–H groups in total. The van der Waals surface area contributed by atoms with Gasteiger partial charge in [-0.2, -0.15) is 0 Å². The third-order valence-corrected chi connectivity index (χ3v) is 6.36. The first-order valence-corrected chi connectivity index (χ1v) is 10.7. The minimum absolute atomic E-state index is 0.0964. The molecule has 0 bridgehead atoms. The fraction of sp³-hybridized carbons (Fsp3) is 0.611. The Morgan fingerprint density at radius 3 is 2.58 bits per heavy atom. The Morgan fingerprint density at radius 2 is 1.88 bits per heavy atom. The molecule has 2 heterocycles. The average molecular weight is 381 g/mol. The molecule has 2 aliphatic heterocycles. The van der Waals surface area contributed by atoms with Gasteiger partial charge in [0, 0.05) is 44.3 Å². The van der Waals surface area contributed by atoms with Crippen molar-refractivity contribution in [1.82, 2.24) is 14.5 Å². The van der Waals surface area contributed by atoms with Crippen molar-refractivity contribution in [2.75, 3.05) is 45.9 Å². The largest absolute Gasteiger partial charge is 0.379 e. The highest BCUT2D eigenvalue weighted by Crippen LogP contribution is 2.17. The zero-order valence-corrected chi connectivity index (χ0v) is 16.0. The van der Waals surface area contributed by atoms with Gasteiger partial charge in [0.25, 0.3) is 5.91 Å². The molecule has 7 nitrogen and oxygen atoms in total. The van der Waals surface area contributed by atoms with Crippen molar-refractivity contribution in [3.05, 3.63) is 29.8 Å². The Balaban J connectivity index is 1.66. The van der Waals surface area contributed by atoms with Gasteiger partial charge in [0.2, 0.25) is 10.0 Å². The molecule has 1 atom stereocenters. The number of carbonyl (C=O) groups is 1. The normalized spacial score (nSPS) is 20.3. The summed E-state index contributed by atoms with van der Waals surface area (Å²) < 4.78 is 33.4. The second-order valence-corrected chi connectivity index (χ2v) is 8.68. The molecule has 0 radical (unpaired) electrons. The van der Waals surface area contributed by atoms with Gasteiger partial charge in [0.1, 0.15) is 0 Å². The van der Waals surface area contributed by atoms with Crippen molar-refractivity contribution in [2.45, 2.75) is 30.7 Å². The first-order valence-electron chi connectivity index (χ1n) is 9.17. The van der Waals surface area contributed by atoms with E-state index >= 15 is 0 Å². The maximum Gasteiger partial charge on any atom is 0.253 e. The fourth-order valence-corrected chi connectivity index (χ4v) is 4.72. The highest BCUT2D eigenvalue weighted by atomic mass is 32.2. The monoisotopic (exact) mass is 381 g/mol. The number of morpholine rings is 1. The smallest absolute Gasteiger partial charge is 0.253 e. The number of sulfonamides is 1. The number of ether oxygens (including phenoxy) is 1. The third-order valence-electron chi connectivity index (χ3n) is 4.78. The molecule has 1 amide bonds. The molecule has 0 spiro atoms. The number of carbonyl (C=O) groups excluding carboxylic acids is 1. The van der Waals surface area contributed by atoms with E-state index in [1.165, 1.54) is 12.1 Å². The summed E-state index contributed by atoms with van der Waals surface area (Å²) in [6, 6.07) is 6.09. The lowest BCUT2D eigenvalue weighted by molar-refractivity contribution is 0.0354. The van der Waals surface area contributed by atoms with E-state index in [0.717, 1.165) is 39.0 Å². The molecular weight excluding hydrogens is 354 g/mol. The Kier molecular flexibility index (Phi) is 6.29. The first-order chi connectivity index (χ1) is 12.5. The van der Waals surface area contributed by atoms with Crippen LogP contribution in [0, 0.1) is 0 Å². The number of nitrogens with one attached hydrogen (secondary N) is 1. The molecular formula is C18H27N3O4S. The summed E-state index contributed by atoms with van der Waals surface area (Å²) in [7, 11) is -3.67. The van der Waals surface area contributed by atoms with E-state index in [-0.39, 0.29) is 16.8 Å². The van der Waals surface area contributed by atoms with Gasteiger partial charge in [-0.05, 0) is 38.0 Å². The van der Waals surface area contributed by atoms with Gasteiger partial charge in [-0.1, -0.05) is 6.07 Å². The van der Waals surface area contributed by atoms with Crippen LogP contribution in [0.1, 0.15) is 30.1 Å². The van der Waals surface area contributed by atoms with E-state index in [0.29, 0.717) is 25.3 Å². The van der Waals surface area contributed by atoms with Crippen LogP contribution in [0.15, 0.2) is 29.2 Å². The predicted molar refractivity (Wildman–Crippen MR) is 98.6 cm³/mol. The Morgan fingerprint density at radius 1 is 1.19 bits per heavy atom. The number of amides is 1. The van der Waals surface area contributed by atoms with Crippen LogP contribution < -0.4 is 4.72 Å². The lowest BCUT2D eigenvalue weighted by Gasteiger charge is -2.29. The minimum Gasteiger partial charge on any atom is -0.379 e. The highest BCUT2D eigenvalue weighted by Gasteiger charge is 2.23. The molecule has 8 heteroatoms. The highest BCUT2D eigenvalue weighted by molar-refractivity contribution is 7.89. The number of rotatable bonds is 6. The van der Waals surface area contributed by atoms with Crippen molar-refractivity contribution < 1.29 is 17.9 Å². The molecule has 1 aromatic rings. The van der Waals surface area contributed by atoms with E-state index in [9.17, 15) is 13.2 Å². The lowest BCUT2D eigenvalue weighted by atomic mass is 10.2. The molecule has 1 aromatic carbocycles. The standard InChI is InChI=1S/C18H27N3O4S/c1-15(14-20-9-11-25-12-10-20)19-26(23,24)17-6-4-5-16(13-17)18(22)21-7-2-3-8-21/h4-6,13,15,19H,2-3,7-12,14H2,1H3/t15-/m0/s1. The number of hydrogen-bond donors (Lipinski definition) is 1. The quantitative estimate of drug-likeness (QED) is 0.793. The van der Waals surface area contributed by atoms with E-state index in [1.807, 2.05) is 6.92 Å². The molecule has 0 aliphatic carbocycles. The van der Waals surface area contributed by atoms with Crippen LogP contribution in [0.3, 0.4) is 0 Å². The number of benzene rings is 1. The molecule has 0 unspecified atom stereocenters. The van der Waals surface area contributed by atoms with E-state index in [4.69, 9.17) is 4.74 Å². The SMILES string of the molecule is C[C@@H](CN1CCOCC1)NS(=O)(=O)c1cccc(C(=O)N2CCCC2)c1. The van der Waals surface area contributed by atoms with E-state index in [1.54, 1.807) is 17.0 Å². The molecule has 0 saturated carbocycles. The van der Waals surface area contributed by atoms with Gasteiger partial charge in [0.15, 0.2) is 0 Å². The van der Waals surface area contributed by atoms with Crippen LogP contribution in [-0.4, -0.2) is 76.1 Å². The molecule has 3 rings (SSSR count). The third kappa shape index (κ3) is 4.82. The first kappa shape index (κ1) is 19.3. The topological polar surface area (TPSA) is 79.0 Å². The second kappa shape index (κ2) is 8.47. The average Bonchev–Trinajstić information content (AvgIpc) is 3.16. The van der Waals surface area contributed by atoms with Crippen molar-refractivity contribution >= 4 is 15.9 Å². The van der Waals surface area contributed by atoms with Crippen LogP contribution in [0.4, 0.5) is 0 Å². The van der Waals surface area contributed by atoms with Crippen molar-refractivity contribution in [3.8, 4) is 0 Å². The maximum atomic E-state index is 12.7. The Hall–Kier alpha value is -1.48. The van der Waals surface area contributed by atoms with Crippen molar-refractivity contribution in [1.29, 1.82) is 0 Å². The summed E-state index contributed by atoms with van der Waals surface area (Å²) in [4.78, 5) is 16.6. The summed E-state index contributed by atoms with van der Waals surface area (Å²) in [6.07, 6.45) is 2.01. The van der Waals surface area contributed by atoms with Crippen LogP contribution >= 0.6 is 0 Å². The molecule has 144 valence electrons. The zero-order valence-electron chi connectivity index (χ0n) is 15.2. The van der Waals surface area contributed by atoms with Gasteiger partial charge in [0.05, 0.1) is 18.1 Å². The van der Waals surface area contributed by atoms with Gasteiger partial charge in [-0.3, -0.25) is 9.69 Å². The molecule has 2 aliphatic rings. The Labute approximate surface area is 155 Å². The predicted octanol–water partition coefficient (Wildman–Crippen LogP) is 0.922. The lowest BCUT2D eigenvalue weighted by Crippen LogP contribution is -2.45. The van der Waals surface area contributed by atoms with Gasteiger partial charge in [-0.25, -0.2) is 13.1 Å². The maximum absolute atomic E-state index is 12.7. The summed E-state index contributed by atoms with van der Waals surface area (Å²) in [5, 5.41) is 0. The summed E-state index contributed by atoms with van der Waals surface area (Å²) in [6.45, 7) is 6.95. The molecule has 26 heavy (non-hydrogen) atoms. The molecule has 0 aromatic heterocycles. The van der Waals surface area contributed by atoms with E-state index < -0.39 is 10.0 Å². The molecule has 2 fully saturated rings. The number of hydrogen-bond acceptors (Lipinski definition) is 5. The van der Waals surface area contributed by atoms with Crippen LogP contribution in [0.5, 0.6) is 0 Å². The van der Waals surface area contributed by atoms with Crippen molar-refractivity contribution in [2.24, 2.45) is 0 Å². The molecule has 2 saturated heterocycles. The number of nitrogens with zero attached hydrogens (tertiary/aromatic N) is 2. The fourth-order valence-electron chi connectivity index (χ4n) is 3.44. The second-order valence-electron chi connectivity index (χ2n) is 6.96. The van der Waals surface area contributed by atoms with Crippen LogP contribution in [0.25, 0.3) is 0 Å². The van der Waals surface area contributed by atoms with Gasteiger partial charge in [-0.15, -0.1) is 0 Å². The number of likely N-dealkylation sites (tertiary alicyclic amines) is 1.